The Balaban J connectivity index is 2.07. The monoisotopic (exact) mass is 330 g/mol. The van der Waals surface area contributed by atoms with Crippen LogP contribution in [-0.4, -0.2) is 25.4 Å². The molecule has 2 aliphatic heterocycles. The summed E-state index contributed by atoms with van der Waals surface area (Å²) in [6.45, 7) is 4.54. The number of fused-ring (bicyclic) bond motifs is 3. The van der Waals surface area contributed by atoms with Gasteiger partial charge in [0.05, 0.1) is 34.9 Å². The normalized spacial score (nSPS) is 22.4. The van der Waals surface area contributed by atoms with Gasteiger partial charge in [-0.25, -0.2) is 0 Å². The Kier molecular flexibility index (Phi) is 4.60. The summed E-state index contributed by atoms with van der Waals surface area (Å²) in [5.74, 6) is -0.915. The summed E-state index contributed by atoms with van der Waals surface area (Å²) in [7, 11) is 0. The van der Waals surface area contributed by atoms with Crippen molar-refractivity contribution in [2.24, 2.45) is 5.92 Å². The first-order valence-electron chi connectivity index (χ1n) is 7.69. The number of nitriles is 1. The lowest BCUT2D eigenvalue weighted by Crippen LogP contribution is -2.43. The lowest BCUT2D eigenvalue weighted by Gasteiger charge is -2.37. The summed E-state index contributed by atoms with van der Waals surface area (Å²) >= 11 is 1.52. The van der Waals surface area contributed by atoms with Gasteiger partial charge in [0, 0.05) is 17.9 Å². The van der Waals surface area contributed by atoms with E-state index in [0.29, 0.717) is 25.2 Å². The number of anilines is 1. The summed E-state index contributed by atoms with van der Waals surface area (Å²) in [5, 5.41) is 10.4. The van der Waals surface area contributed by atoms with Crippen molar-refractivity contribution < 1.29 is 14.3 Å². The van der Waals surface area contributed by atoms with E-state index in [-0.39, 0.29) is 12.2 Å². The Morgan fingerprint density at radius 3 is 2.87 bits per heavy atom. The molecule has 3 rings (SSSR count). The molecule has 23 heavy (non-hydrogen) atoms. The molecule has 1 aromatic carbocycles. The molecule has 0 unspecified atom stereocenters. The van der Waals surface area contributed by atoms with E-state index < -0.39 is 5.92 Å². The molecule has 0 fully saturated rings. The maximum Gasteiger partial charge on any atom is 0.314 e. The number of nitrogens with zero attached hydrogens (tertiary/aromatic N) is 2. The molecule has 2 atom stereocenters. The maximum absolute atomic E-state index is 12.3. The number of hydrogen-bond acceptors (Lipinski definition) is 6. The number of benzene rings is 1. The van der Waals surface area contributed by atoms with Crippen LogP contribution in [0, 0.1) is 17.2 Å². The molecule has 5 nitrogen and oxygen atoms in total. The van der Waals surface area contributed by atoms with Crippen LogP contribution < -0.4 is 4.90 Å². The van der Waals surface area contributed by atoms with Gasteiger partial charge in [-0.2, -0.15) is 5.26 Å². The van der Waals surface area contributed by atoms with Gasteiger partial charge in [0.2, 0.25) is 0 Å². The van der Waals surface area contributed by atoms with Crippen molar-refractivity contribution in [3.63, 3.8) is 0 Å². The van der Waals surface area contributed by atoms with E-state index in [4.69, 9.17) is 9.47 Å². The molecule has 120 valence electrons. The van der Waals surface area contributed by atoms with Crippen molar-refractivity contribution in [3.05, 3.63) is 34.9 Å². The second-order valence-electron chi connectivity index (χ2n) is 5.22. The summed E-state index contributed by atoms with van der Waals surface area (Å²) < 4.78 is 11.0. The van der Waals surface area contributed by atoms with E-state index in [1.165, 1.54) is 11.8 Å². The predicted octanol–water partition coefficient (Wildman–Crippen LogP) is 3.28. The summed E-state index contributed by atoms with van der Waals surface area (Å²) in [4.78, 5) is 15.4. The molecule has 6 heteroatoms. The van der Waals surface area contributed by atoms with Gasteiger partial charge in [0.15, 0.2) is 0 Å². The zero-order valence-electron chi connectivity index (χ0n) is 13.1. The van der Waals surface area contributed by atoms with E-state index >= 15 is 0 Å². The minimum absolute atomic E-state index is 0.266. The second-order valence-corrected chi connectivity index (χ2v) is 6.25. The molecule has 0 N–H and O–H groups in total. The Hall–Kier alpha value is -1.97. The second kappa shape index (κ2) is 6.65. The number of esters is 1. The molecule has 2 aliphatic rings. The van der Waals surface area contributed by atoms with Crippen LogP contribution in [0.3, 0.4) is 0 Å². The Labute approximate surface area is 139 Å². The smallest absolute Gasteiger partial charge is 0.314 e. The first-order valence-corrected chi connectivity index (χ1v) is 8.51. The molecule has 0 radical (unpaired) electrons. The van der Waals surface area contributed by atoms with Gasteiger partial charge in [-0.05, 0) is 26.0 Å². The largest absolute Gasteiger partial charge is 0.465 e. The SMILES string of the molecule is CCOC(=O)[C@H]1C[C@@H](OCC)N2C(=C1C#N)Sc1ccccc12. The molecular weight excluding hydrogens is 312 g/mol. The van der Waals surface area contributed by atoms with Gasteiger partial charge in [0.25, 0.3) is 0 Å². The van der Waals surface area contributed by atoms with Crippen LogP contribution in [-0.2, 0) is 14.3 Å². The highest BCUT2D eigenvalue weighted by molar-refractivity contribution is 8.03. The highest BCUT2D eigenvalue weighted by atomic mass is 32.2. The van der Waals surface area contributed by atoms with Gasteiger partial charge in [-0.3, -0.25) is 4.79 Å². The van der Waals surface area contributed by atoms with Crippen molar-refractivity contribution in [2.45, 2.75) is 31.4 Å². The van der Waals surface area contributed by atoms with Crippen molar-refractivity contribution in [1.82, 2.24) is 0 Å². The minimum Gasteiger partial charge on any atom is -0.465 e. The highest BCUT2D eigenvalue weighted by Gasteiger charge is 2.44. The average Bonchev–Trinajstić information content (AvgIpc) is 2.94. The summed E-state index contributed by atoms with van der Waals surface area (Å²) in [6, 6.07) is 10.2. The van der Waals surface area contributed by atoms with E-state index in [2.05, 4.69) is 6.07 Å². The fourth-order valence-electron chi connectivity index (χ4n) is 2.97. The van der Waals surface area contributed by atoms with Gasteiger partial charge in [0.1, 0.15) is 6.23 Å². The fraction of sp³-hybridized carbons (Fsp3) is 0.412. The lowest BCUT2D eigenvalue weighted by atomic mass is 9.92. The minimum atomic E-state index is -0.565. The van der Waals surface area contributed by atoms with Crippen LogP contribution in [0.2, 0.25) is 0 Å². The van der Waals surface area contributed by atoms with Gasteiger partial charge in [-0.15, -0.1) is 0 Å². The fourth-order valence-corrected chi connectivity index (χ4v) is 4.21. The molecule has 0 saturated carbocycles. The molecule has 2 heterocycles. The molecule has 0 amide bonds. The number of rotatable bonds is 4. The number of para-hydroxylation sites is 1. The van der Waals surface area contributed by atoms with Crippen LogP contribution in [0.15, 0.2) is 39.8 Å². The van der Waals surface area contributed by atoms with Gasteiger partial charge in [-0.1, -0.05) is 23.9 Å². The third-order valence-corrected chi connectivity index (χ3v) is 5.08. The molecule has 0 spiro atoms. The molecular formula is C17H18N2O3S. The topological polar surface area (TPSA) is 62.6 Å². The maximum atomic E-state index is 12.3. The van der Waals surface area contributed by atoms with Crippen LogP contribution in [0.25, 0.3) is 0 Å². The number of hydrogen-bond donors (Lipinski definition) is 0. The number of ether oxygens (including phenoxy) is 2. The number of thioether (sulfide) groups is 1. The molecule has 0 aromatic heterocycles. The summed E-state index contributed by atoms with van der Waals surface area (Å²) in [5.41, 5.74) is 1.50. The zero-order chi connectivity index (χ0) is 16.4. The first kappa shape index (κ1) is 15.9. The van der Waals surface area contributed by atoms with E-state index in [1.807, 2.05) is 36.1 Å². The molecule has 0 aliphatic carbocycles. The van der Waals surface area contributed by atoms with Crippen molar-refractivity contribution in [1.29, 1.82) is 5.26 Å². The first-order chi connectivity index (χ1) is 11.2. The number of carbonyl (C=O) groups is 1. The van der Waals surface area contributed by atoms with E-state index in [1.54, 1.807) is 6.92 Å². The Bertz CT molecular complexity index is 695. The van der Waals surface area contributed by atoms with Gasteiger partial charge >= 0.3 is 5.97 Å². The lowest BCUT2D eigenvalue weighted by molar-refractivity contribution is -0.148. The average molecular weight is 330 g/mol. The van der Waals surface area contributed by atoms with Crippen LogP contribution in [0.5, 0.6) is 0 Å². The quantitative estimate of drug-likeness (QED) is 0.790. The number of carbonyl (C=O) groups excluding carboxylic acids is 1. The third kappa shape index (κ3) is 2.71. The van der Waals surface area contributed by atoms with E-state index in [0.717, 1.165) is 15.6 Å². The molecule has 0 saturated heterocycles. The molecule has 0 bridgehead atoms. The highest BCUT2D eigenvalue weighted by Crippen LogP contribution is 2.52. The van der Waals surface area contributed by atoms with Crippen molar-refractivity contribution >= 4 is 23.4 Å². The zero-order valence-corrected chi connectivity index (χ0v) is 13.9. The standard InChI is InChI=1S/C17H18N2O3S/c1-3-21-15-9-11(17(20)22-4-2)12(10-18)16-19(15)13-7-5-6-8-14(13)23-16/h5-8,11,15H,3-4,9H2,1-2H3/t11-,15+/m0/s1. The van der Waals surface area contributed by atoms with Crippen molar-refractivity contribution in [3.8, 4) is 6.07 Å². The van der Waals surface area contributed by atoms with E-state index in [9.17, 15) is 10.1 Å². The third-order valence-electron chi connectivity index (χ3n) is 3.91. The van der Waals surface area contributed by atoms with Crippen molar-refractivity contribution in [2.75, 3.05) is 18.1 Å². The summed E-state index contributed by atoms with van der Waals surface area (Å²) in [6.07, 6.45) is 0.159. The molecule has 1 aromatic rings. The Morgan fingerprint density at radius 2 is 2.17 bits per heavy atom. The van der Waals surface area contributed by atoms with Crippen LogP contribution in [0.1, 0.15) is 20.3 Å². The Morgan fingerprint density at radius 1 is 1.39 bits per heavy atom. The van der Waals surface area contributed by atoms with Crippen LogP contribution in [0.4, 0.5) is 5.69 Å². The predicted molar refractivity (Wildman–Crippen MR) is 87.6 cm³/mol. The van der Waals surface area contributed by atoms with Crippen LogP contribution >= 0.6 is 11.8 Å². The van der Waals surface area contributed by atoms with Gasteiger partial charge < -0.3 is 14.4 Å².